The van der Waals surface area contributed by atoms with Crippen molar-refractivity contribution in [1.82, 2.24) is 9.97 Å². The second-order valence-electron chi connectivity index (χ2n) is 3.64. The minimum absolute atomic E-state index is 0.0673. The van der Waals surface area contributed by atoms with E-state index < -0.39 is 0 Å². The van der Waals surface area contributed by atoms with Gasteiger partial charge in [-0.3, -0.25) is 14.8 Å². The number of aromatic nitrogens is 2. The highest BCUT2D eigenvalue weighted by molar-refractivity contribution is 6.31. The lowest BCUT2D eigenvalue weighted by Gasteiger charge is -2.07. The van der Waals surface area contributed by atoms with Gasteiger partial charge in [0.05, 0.1) is 23.9 Å². The van der Waals surface area contributed by atoms with E-state index in [1.54, 1.807) is 24.5 Å². The van der Waals surface area contributed by atoms with Gasteiger partial charge in [0.15, 0.2) is 5.78 Å². The Morgan fingerprint density at radius 3 is 2.72 bits per heavy atom. The molecule has 0 saturated carbocycles. The Kier molecular flexibility index (Phi) is 3.89. The first-order valence-corrected chi connectivity index (χ1v) is 5.69. The quantitative estimate of drug-likeness (QED) is 0.795. The number of ether oxygens (including phenoxy) is 1. The van der Waals surface area contributed by atoms with Crippen molar-refractivity contribution in [2.75, 3.05) is 7.11 Å². The van der Waals surface area contributed by atoms with Crippen LogP contribution < -0.4 is 4.74 Å². The number of nitrogens with zero attached hydrogens (tertiary/aromatic N) is 2. The molecule has 0 atom stereocenters. The molecule has 0 bridgehead atoms. The van der Waals surface area contributed by atoms with Gasteiger partial charge in [-0.05, 0) is 17.7 Å². The monoisotopic (exact) mass is 262 g/mol. The van der Waals surface area contributed by atoms with Crippen molar-refractivity contribution in [2.24, 2.45) is 0 Å². The van der Waals surface area contributed by atoms with E-state index in [4.69, 9.17) is 16.3 Å². The van der Waals surface area contributed by atoms with Gasteiger partial charge in [-0.1, -0.05) is 11.6 Å². The second kappa shape index (κ2) is 5.60. The van der Waals surface area contributed by atoms with E-state index in [0.29, 0.717) is 16.3 Å². The summed E-state index contributed by atoms with van der Waals surface area (Å²) in [5.41, 5.74) is 1.25. The van der Waals surface area contributed by atoms with Crippen LogP contribution in [0.1, 0.15) is 15.9 Å². The molecule has 5 heteroatoms. The Morgan fingerprint density at radius 1 is 1.28 bits per heavy atom. The minimum Gasteiger partial charge on any atom is -0.494 e. The van der Waals surface area contributed by atoms with Crippen molar-refractivity contribution in [2.45, 2.75) is 6.42 Å². The van der Waals surface area contributed by atoms with Crippen molar-refractivity contribution in [3.05, 3.63) is 53.1 Å². The van der Waals surface area contributed by atoms with Crippen LogP contribution in [-0.2, 0) is 6.42 Å². The fraction of sp³-hybridized carbons (Fsp3) is 0.154. The summed E-state index contributed by atoms with van der Waals surface area (Å²) in [6.07, 6.45) is 6.42. The van der Waals surface area contributed by atoms with Crippen LogP contribution in [0.4, 0.5) is 0 Å². The fourth-order valence-electron chi connectivity index (χ4n) is 1.59. The summed E-state index contributed by atoms with van der Waals surface area (Å²) in [7, 11) is 1.51. The number of rotatable bonds is 4. The molecule has 0 spiro atoms. The molecule has 0 radical (unpaired) electrons. The third-order valence-electron chi connectivity index (χ3n) is 2.51. The fourth-order valence-corrected chi connectivity index (χ4v) is 1.77. The Morgan fingerprint density at radius 2 is 2.00 bits per heavy atom. The van der Waals surface area contributed by atoms with Crippen LogP contribution in [0.2, 0.25) is 5.02 Å². The highest BCUT2D eigenvalue weighted by atomic mass is 35.5. The van der Waals surface area contributed by atoms with E-state index in [-0.39, 0.29) is 12.2 Å². The number of hydrogen-bond acceptors (Lipinski definition) is 4. The summed E-state index contributed by atoms with van der Waals surface area (Å²) < 4.78 is 5.11. The predicted molar refractivity (Wildman–Crippen MR) is 68.1 cm³/mol. The molecule has 2 rings (SSSR count). The van der Waals surface area contributed by atoms with Crippen molar-refractivity contribution in [3.63, 3.8) is 0 Å². The topological polar surface area (TPSA) is 52.1 Å². The molecule has 0 aliphatic heterocycles. The maximum Gasteiger partial charge on any atom is 0.171 e. The van der Waals surface area contributed by atoms with Crippen LogP contribution in [0.15, 0.2) is 36.9 Å². The predicted octanol–water partition coefficient (Wildman–Crippen LogP) is 2.56. The molecule has 0 saturated heterocycles. The molecule has 0 aromatic carbocycles. The van der Waals surface area contributed by atoms with Gasteiger partial charge in [-0.2, -0.15) is 0 Å². The molecular weight excluding hydrogens is 252 g/mol. The number of carbonyl (C=O) groups is 1. The largest absolute Gasteiger partial charge is 0.494 e. The third kappa shape index (κ3) is 2.65. The normalized spacial score (nSPS) is 10.1. The summed E-state index contributed by atoms with van der Waals surface area (Å²) in [4.78, 5) is 19.9. The van der Waals surface area contributed by atoms with E-state index in [1.807, 2.05) is 0 Å². The van der Waals surface area contributed by atoms with E-state index in [9.17, 15) is 4.79 Å². The van der Waals surface area contributed by atoms with Gasteiger partial charge in [0.25, 0.3) is 0 Å². The average molecular weight is 263 g/mol. The maximum absolute atomic E-state index is 12.2. The summed E-state index contributed by atoms with van der Waals surface area (Å²) >= 11 is 5.97. The van der Waals surface area contributed by atoms with Crippen molar-refractivity contribution >= 4 is 17.4 Å². The smallest absolute Gasteiger partial charge is 0.171 e. The number of carbonyl (C=O) groups excluding carboxylic acids is 1. The highest BCUT2D eigenvalue weighted by Crippen LogP contribution is 2.20. The van der Waals surface area contributed by atoms with Crippen LogP contribution in [0.25, 0.3) is 0 Å². The summed E-state index contributed by atoms with van der Waals surface area (Å²) in [5.74, 6) is 0.398. The zero-order chi connectivity index (χ0) is 13.0. The van der Waals surface area contributed by atoms with Gasteiger partial charge >= 0.3 is 0 Å². The number of Topliss-reactive ketones (excluding diaryl/α,β-unsaturated/α-hetero) is 1. The van der Waals surface area contributed by atoms with Crippen molar-refractivity contribution in [1.29, 1.82) is 0 Å². The number of halogens is 1. The highest BCUT2D eigenvalue weighted by Gasteiger charge is 2.14. The molecule has 0 amide bonds. The van der Waals surface area contributed by atoms with Crippen LogP contribution in [0.5, 0.6) is 5.75 Å². The van der Waals surface area contributed by atoms with Gasteiger partial charge in [0.2, 0.25) is 0 Å². The molecule has 18 heavy (non-hydrogen) atoms. The lowest BCUT2D eigenvalue weighted by Crippen LogP contribution is -2.06. The lowest BCUT2D eigenvalue weighted by molar-refractivity contribution is 0.0990. The van der Waals surface area contributed by atoms with Crippen LogP contribution in [0.3, 0.4) is 0 Å². The first-order chi connectivity index (χ1) is 8.72. The Balaban J connectivity index is 2.25. The molecule has 92 valence electrons. The first kappa shape index (κ1) is 12.5. The van der Waals surface area contributed by atoms with Gasteiger partial charge in [0.1, 0.15) is 5.75 Å². The molecule has 2 aromatic heterocycles. The van der Waals surface area contributed by atoms with E-state index in [0.717, 1.165) is 5.56 Å². The SMILES string of the molecule is COc1cnccc1C(=O)Cc1ccncc1Cl. The number of ketones is 1. The molecule has 0 fully saturated rings. The average Bonchev–Trinajstić information content (AvgIpc) is 2.41. The van der Waals surface area contributed by atoms with Crippen molar-refractivity contribution in [3.8, 4) is 5.75 Å². The molecule has 0 N–H and O–H groups in total. The number of hydrogen-bond donors (Lipinski definition) is 0. The molecular formula is C13H11ClN2O2. The Labute approximate surface area is 110 Å². The Bertz CT molecular complexity index is 572. The lowest BCUT2D eigenvalue weighted by atomic mass is 10.0. The minimum atomic E-state index is -0.0673. The first-order valence-electron chi connectivity index (χ1n) is 5.32. The van der Waals surface area contributed by atoms with Gasteiger partial charge in [-0.25, -0.2) is 0 Å². The maximum atomic E-state index is 12.2. The van der Waals surface area contributed by atoms with E-state index in [2.05, 4.69) is 9.97 Å². The molecule has 4 nitrogen and oxygen atoms in total. The van der Waals surface area contributed by atoms with E-state index >= 15 is 0 Å². The molecule has 2 heterocycles. The summed E-state index contributed by atoms with van der Waals surface area (Å²) in [5, 5.41) is 0.485. The molecule has 2 aromatic rings. The number of pyridine rings is 2. The Hall–Kier alpha value is -1.94. The van der Waals surface area contributed by atoms with Crippen LogP contribution in [0, 0.1) is 0 Å². The molecule has 0 unspecified atom stereocenters. The van der Waals surface area contributed by atoms with Crippen LogP contribution in [-0.4, -0.2) is 22.9 Å². The second-order valence-corrected chi connectivity index (χ2v) is 4.05. The van der Waals surface area contributed by atoms with Crippen molar-refractivity contribution < 1.29 is 9.53 Å². The molecule has 0 aliphatic carbocycles. The van der Waals surface area contributed by atoms with E-state index in [1.165, 1.54) is 19.5 Å². The standard InChI is InChI=1S/C13H11ClN2O2/c1-18-13-8-16-5-3-10(13)12(17)6-9-2-4-15-7-11(9)14/h2-5,7-8H,6H2,1H3. The summed E-state index contributed by atoms with van der Waals surface area (Å²) in [6.45, 7) is 0. The zero-order valence-electron chi connectivity index (χ0n) is 9.76. The van der Waals surface area contributed by atoms with Gasteiger partial charge in [0, 0.05) is 25.0 Å². The van der Waals surface area contributed by atoms with Crippen LogP contribution >= 0.6 is 11.6 Å². The zero-order valence-corrected chi connectivity index (χ0v) is 10.5. The van der Waals surface area contributed by atoms with Gasteiger partial charge in [-0.15, -0.1) is 0 Å². The molecule has 0 aliphatic rings. The van der Waals surface area contributed by atoms with Gasteiger partial charge < -0.3 is 4.74 Å². The third-order valence-corrected chi connectivity index (χ3v) is 2.85. The summed E-state index contributed by atoms with van der Waals surface area (Å²) in [6, 6.07) is 3.37. The number of methoxy groups -OCH3 is 1.